The van der Waals surface area contributed by atoms with Crippen molar-refractivity contribution in [2.45, 2.75) is 6.04 Å². The second-order valence-corrected chi connectivity index (χ2v) is 6.51. The zero-order chi connectivity index (χ0) is 19.7. The third-order valence-electron chi connectivity index (χ3n) is 4.69. The summed E-state index contributed by atoms with van der Waals surface area (Å²) in [6, 6.07) is 17.8. The molecule has 140 valence electrons. The van der Waals surface area contributed by atoms with Gasteiger partial charge in [-0.05, 0) is 35.9 Å². The summed E-state index contributed by atoms with van der Waals surface area (Å²) in [5, 5.41) is 2.71. The molecule has 3 aromatic rings. The highest BCUT2D eigenvalue weighted by molar-refractivity contribution is 6.01. The van der Waals surface area contributed by atoms with Crippen LogP contribution < -0.4 is 5.32 Å². The maximum atomic E-state index is 14.3. The molecule has 0 saturated carbocycles. The first kappa shape index (κ1) is 17.9. The zero-order valence-electron chi connectivity index (χ0n) is 14.7. The van der Waals surface area contributed by atoms with Gasteiger partial charge in [-0.1, -0.05) is 42.5 Å². The molecule has 2 amide bonds. The maximum absolute atomic E-state index is 14.3. The number of hydrogen-bond donors (Lipinski definition) is 1. The molecule has 0 aromatic heterocycles. The van der Waals surface area contributed by atoms with Gasteiger partial charge in [-0.2, -0.15) is 0 Å². The van der Waals surface area contributed by atoms with E-state index in [1.807, 2.05) is 6.07 Å². The summed E-state index contributed by atoms with van der Waals surface area (Å²) >= 11 is 0. The normalized spacial score (nSPS) is 16.1. The van der Waals surface area contributed by atoms with E-state index in [1.165, 1.54) is 41.3 Å². The van der Waals surface area contributed by atoms with E-state index < -0.39 is 29.5 Å². The highest BCUT2D eigenvalue weighted by Crippen LogP contribution is 2.37. The minimum atomic E-state index is -0.752. The molecule has 0 spiro atoms. The zero-order valence-corrected chi connectivity index (χ0v) is 14.7. The van der Waals surface area contributed by atoms with E-state index in [9.17, 15) is 18.4 Å². The topological polar surface area (TPSA) is 49.4 Å². The number of fused-ring (bicyclic) bond motifs is 1. The lowest BCUT2D eigenvalue weighted by molar-refractivity contribution is -0.117. The number of rotatable bonds is 2. The third-order valence-corrected chi connectivity index (χ3v) is 4.69. The molecule has 1 aliphatic heterocycles. The molecule has 0 aliphatic carbocycles. The minimum absolute atomic E-state index is 0.143. The molecule has 1 N–H and O–H groups in total. The monoisotopic (exact) mass is 378 g/mol. The summed E-state index contributed by atoms with van der Waals surface area (Å²) in [5.41, 5.74) is 1.40. The fraction of sp³-hybridized carbons (Fsp3) is 0.0909. The Balaban J connectivity index is 1.91. The summed E-state index contributed by atoms with van der Waals surface area (Å²) in [4.78, 5) is 26.9. The van der Waals surface area contributed by atoms with Crippen molar-refractivity contribution < 1.29 is 18.4 Å². The van der Waals surface area contributed by atoms with Crippen molar-refractivity contribution in [3.8, 4) is 0 Å². The van der Waals surface area contributed by atoms with Crippen LogP contribution in [-0.4, -0.2) is 23.3 Å². The van der Waals surface area contributed by atoms with E-state index in [2.05, 4.69) is 5.32 Å². The lowest BCUT2D eigenvalue weighted by Crippen LogP contribution is -2.39. The number of hydrogen-bond acceptors (Lipinski definition) is 2. The predicted octanol–water partition coefficient (Wildman–Crippen LogP) is 4.15. The van der Waals surface area contributed by atoms with Crippen molar-refractivity contribution in [3.63, 3.8) is 0 Å². The summed E-state index contributed by atoms with van der Waals surface area (Å²) in [6.07, 6.45) is 0. The van der Waals surface area contributed by atoms with Crippen LogP contribution in [0.25, 0.3) is 0 Å². The van der Waals surface area contributed by atoms with Crippen LogP contribution in [0.15, 0.2) is 72.8 Å². The number of benzene rings is 3. The summed E-state index contributed by atoms with van der Waals surface area (Å²) in [5.74, 6) is -2.24. The Morgan fingerprint density at radius 3 is 2.43 bits per heavy atom. The molecule has 0 fully saturated rings. The van der Waals surface area contributed by atoms with Gasteiger partial charge in [0.05, 0.1) is 11.6 Å². The molecule has 3 aromatic carbocycles. The molecule has 1 aliphatic rings. The molecule has 0 bridgehead atoms. The Bertz CT molecular complexity index is 1050. The first-order valence-electron chi connectivity index (χ1n) is 8.74. The molecule has 4 rings (SSSR count). The second kappa shape index (κ2) is 7.23. The highest BCUT2D eigenvalue weighted by Gasteiger charge is 2.34. The van der Waals surface area contributed by atoms with Crippen LogP contribution >= 0.6 is 0 Å². The third kappa shape index (κ3) is 3.24. The molecule has 4 nitrogen and oxygen atoms in total. The summed E-state index contributed by atoms with van der Waals surface area (Å²) < 4.78 is 28.3. The molecule has 0 unspecified atom stereocenters. The molecule has 1 atom stereocenters. The van der Waals surface area contributed by atoms with Gasteiger partial charge >= 0.3 is 0 Å². The predicted molar refractivity (Wildman–Crippen MR) is 101 cm³/mol. The maximum Gasteiger partial charge on any atom is 0.258 e. The van der Waals surface area contributed by atoms with Gasteiger partial charge in [-0.3, -0.25) is 9.59 Å². The smallest absolute Gasteiger partial charge is 0.258 e. The molecule has 28 heavy (non-hydrogen) atoms. The van der Waals surface area contributed by atoms with Crippen LogP contribution in [0.5, 0.6) is 0 Å². The van der Waals surface area contributed by atoms with Crippen molar-refractivity contribution in [2.24, 2.45) is 0 Å². The fourth-order valence-electron chi connectivity index (χ4n) is 3.45. The van der Waals surface area contributed by atoms with Crippen LogP contribution in [-0.2, 0) is 4.79 Å². The standard InChI is InChI=1S/C22H16F2N2O2/c23-15-10-11-19-17(12-15)21(14-6-2-1-3-7-14)26(13-20(27)25-19)22(28)16-8-4-5-9-18(16)24/h1-12,21H,13H2,(H,25,27)/t21-/m0/s1. The van der Waals surface area contributed by atoms with Crippen molar-refractivity contribution in [3.05, 3.63) is 101 Å². The second-order valence-electron chi connectivity index (χ2n) is 6.51. The van der Waals surface area contributed by atoms with Crippen molar-refractivity contribution in [1.29, 1.82) is 0 Å². The first-order chi connectivity index (χ1) is 13.5. The van der Waals surface area contributed by atoms with Gasteiger partial charge in [0.1, 0.15) is 18.2 Å². The average molecular weight is 378 g/mol. The SMILES string of the molecule is O=C1CN(C(=O)c2ccccc2F)[C@@H](c2ccccc2)c2cc(F)ccc2N1. The van der Waals surface area contributed by atoms with Gasteiger partial charge < -0.3 is 10.2 Å². The highest BCUT2D eigenvalue weighted by atomic mass is 19.1. The van der Waals surface area contributed by atoms with Crippen LogP contribution in [0.3, 0.4) is 0 Å². The number of anilines is 1. The fourth-order valence-corrected chi connectivity index (χ4v) is 3.45. The van der Waals surface area contributed by atoms with E-state index >= 15 is 0 Å². The Morgan fingerprint density at radius 2 is 1.68 bits per heavy atom. The molecule has 6 heteroatoms. The number of nitrogens with zero attached hydrogens (tertiary/aromatic N) is 1. The Kier molecular flexibility index (Phi) is 4.61. The van der Waals surface area contributed by atoms with Crippen LogP contribution in [0.2, 0.25) is 0 Å². The van der Waals surface area contributed by atoms with Crippen LogP contribution in [0, 0.1) is 11.6 Å². The lowest BCUT2D eigenvalue weighted by atomic mass is 9.95. The number of halogens is 2. The minimum Gasteiger partial charge on any atom is -0.324 e. The van der Waals surface area contributed by atoms with Crippen molar-refractivity contribution >= 4 is 17.5 Å². The van der Waals surface area contributed by atoms with E-state index in [0.29, 0.717) is 16.8 Å². The van der Waals surface area contributed by atoms with Crippen LogP contribution in [0.1, 0.15) is 27.5 Å². The quantitative estimate of drug-likeness (QED) is 0.728. The van der Waals surface area contributed by atoms with E-state index in [0.717, 1.165) is 0 Å². The number of nitrogens with one attached hydrogen (secondary N) is 1. The molecular formula is C22H16F2N2O2. The van der Waals surface area contributed by atoms with E-state index in [4.69, 9.17) is 0 Å². The van der Waals surface area contributed by atoms with E-state index in [1.54, 1.807) is 30.3 Å². The summed E-state index contributed by atoms with van der Waals surface area (Å²) in [7, 11) is 0. The number of carbonyl (C=O) groups excluding carboxylic acids is 2. The molecular weight excluding hydrogens is 362 g/mol. The largest absolute Gasteiger partial charge is 0.324 e. The molecule has 0 radical (unpaired) electrons. The van der Waals surface area contributed by atoms with Crippen molar-refractivity contribution in [2.75, 3.05) is 11.9 Å². The van der Waals surface area contributed by atoms with Gasteiger partial charge in [0, 0.05) is 11.3 Å². The molecule has 0 saturated heterocycles. The van der Waals surface area contributed by atoms with Gasteiger partial charge in [-0.15, -0.1) is 0 Å². The van der Waals surface area contributed by atoms with Gasteiger partial charge in [0.2, 0.25) is 5.91 Å². The Labute approximate surface area is 160 Å². The number of carbonyl (C=O) groups is 2. The number of amides is 2. The van der Waals surface area contributed by atoms with Gasteiger partial charge in [0.15, 0.2) is 0 Å². The average Bonchev–Trinajstić information content (AvgIpc) is 2.84. The Morgan fingerprint density at radius 1 is 0.964 bits per heavy atom. The van der Waals surface area contributed by atoms with Gasteiger partial charge in [0.25, 0.3) is 5.91 Å². The molecule has 1 heterocycles. The van der Waals surface area contributed by atoms with Crippen molar-refractivity contribution in [1.82, 2.24) is 4.90 Å². The summed E-state index contributed by atoms with van der Waals surface area (Å²) in [6.45, 7) is -0.289. The van der Waals surface area contributed by atoms with Crippen LogP contribution in [0.4, 0.5) is 14.5 Å². The lowest BCUT2D eigenvalue weighted by Gasteiger charge is -2.30. The first-order valence-corrected chi connectivity index (χ1v) is 8.74. The Hall–Kier alpha value is -3.54. The van der Waals surface area contributed by atoms with E-state index in [-0.39, 0.29) is 12.1 Å². The van der Waals surface area contributed by atoms with Gasteiger partial charge in [-0.25, -0.2) is 8.78 Å².